The Labute approximate surface area is 133 Å². The molecule has 0 spiro atoms. The highest BCUT2D eigenvalue weighted by Crippen LogP contribution is 2.22. The third kappa shape index (κ3) is 3.56. The molecular weight excluding hydrogens is 321 g/mol. The van der Waals surface area contributed by atoms with E-state index in [1.165, 1.54) is 6.08 Å². The molecule has 0 saturated carbocycles. The van der Waals surface area contributed by atoms with Gasteiger partial charge in [-0.05, 0) is 54.3 Å². The molecule has 0 bridgehead atoms. The summed E-state index contributed by atoms with van der Waals surface area (Å²) in [5.74, 6) is -0.533. The summed E-state index contributed by atoms with van der Waals surface area (Å²) in [5.41, 5.74) is 0.611. The van der Waals surface area contributed by atoms with Crippen LogP contribution in [-0.2, 0) is 9.84 Å². The average Bonchev–Trinajstić information content (AvgIpc) is 2.53. The molecule has 0 N–H and O–H groups in total. The zero-order valence-corrected chi connectivity index (χ0v) is 13.3. The summed E-state index contributed by atoms with van der Waals surface area (Å²) in [6, 6.07) is 13.3. The maximum atomic E-state index is 12.9. The SMILES string of the molecule is CSc1ccc(/C=C(\C#N)S(=O)(=O)c2ccc(F)cc2)cc1. The number of halogens is 1. The molecule has 6 heteroatoms. The number of benzene rings is 2. The normalized spacial score (nSPS) is 12.0. The number of rotatable bonds is 4. The lowest BCUT2D eigenvalue weighted by molar-refractivity contribution is 0.601. The highest BCUT2D eigenvalue weighted by molar-refractivity contribution is 7.98. The second-order valence-corrected chi connectivity index (χ2v) is 7.15. The van der Waals surface area contributed by atoms with E-state index in [0.717, 1.165) is 29.2 Å². The highest BCUT2D eigenvalue weighted by atomic mass is 32.2. The van der Waals surface area contributed by atoms with Gasteiger partial charge < -0.3 is 0 Å². The van der Waals surface area contributed by atoms with Crippen molar-refractivity contribution in [2.24, 2.45) is 0 Å². The van der Waals surface area contributed by atoms with Gasteiger partial charge in [0.1, 0.15) is 16.8 Å². The molecule has 0 fully saturated rings. The number of allylic oxidation sites excluding steroid dienone is 1. The van der Waals surface area contributed by atoms with E-state index in [-0.39, 0.29) is 9.80 Å². The fourth-order valence-electron chi connectivity index (χ4n) is 1.76. The first-order chi connectivity index (χ1) is 10.5. The van der Waals surface area contributed by atoms with E-state index in [9.17, 15) is 12.8 Å². The van der Waals surface area contributed by atoms with Crippen LogP contribution in [0.5, 0.6) is 0 Å². The Kier molecular flexibility index (Phi) is 5.01. The molecule has 0 aromatic heterocycles. The van der Waals surface area contributed by atoms with Crippen molar-refractivity contribution < 1.29 is 12.8 Å². The van der Waals surface area contributed by atoms with E-state index in [4.69, 9.17) is 5.26 Å². The Balaban J connectivity index is 2.43. The lowest BCUT2D eigenvalue weighted by Gasteiger charge is -2.03. The van der Waals surface area contributed by atoms with Crippen molar-refractivity contribution >= 4 is 27.7 Å². The molecule has 0 aliphatic carbocycles. The molecule has 0 radical (unpaired) electrons. The smallest absolute Gasteiger partial charge is 0.216 e. The molecule has 0 amide bonds. The van der Waals surface area contributed by atoms with Crippen LogP contribution in [0, 0.1) is 17.1 Å². The lowest BCUT2D eigenvalue weighted by atomic mass is 10.2. The molecule has 3 nitrogen and oxygen atoms in total. The van der Waals surface area contributed by atoms with Crippen molar-refractivity contribution in [3.63, 3.8) is 0 Å². The van der Waals surface area contributed by atoms with Gasteiger partial charge in [-0.25, -0.2) is 12.8 Å². The lowest BCUT2D eigenvalue weighted by Crippen LogP contribution is -2.03. The third-order valence-electron chi connectivity index (χ3n) is 2.94. The molecule has 22 heavy (non-hydrogen) atoms. The van der Waals surface area contributed by atoms with Crippen LogP contribution < -0.4 is 0 Å². The van der Waals surface area contributed by atoms with E-state index in [0.29, 0.717) is 5.56 Å². The van der Waals surface area contributed by atoms with Crippen LogP contribution in [0.3, 0.4) is 0 Å². The fourth-order valence-corrected chi connectivity index (χ4v) is 3.33. The number of hydrogen-bond donors (Lipinski definition) is 0. The first kappa shape index (κ1) is 16.3. The van der Waals surface area contributed by atoms with Gasteiger partial charge in [-0.3, -0.25) is 0 Å². The molecule has 0 heterocycles. The number of nitriles is 1. The van der Waals surface area contributed by atoms with E-state index in [2.05, 4.69) is 0 Å². The summed E-state index contributed by atoms with van der Waals surface area (Å²) < 4.78 is 37.7. The van der Waals surface area contributed by atoms with Crippen LogP contribution in [0.2, 0.25) is 0 Å². The zero-order chi connectivity index (χ0) is 16.2. The molecular formula is C16H12FNO2S2. The average molecular weight is 333 g/mol. The minimum absolute atomic E-state index is 0.109. The van der Waals surface area contributed by atoms with Crippen LogP contribution >= 0.6 is 11.8 Å². The second kappa shape index (κ2) is 6.77. The summed E-state index contributed by atoms with van der Waals surface area (Å²) in [4.78, 5) is 0.551. The number of thioether (sulfide) groups is 1. The van der Waals surface area contributed by atoms with Gasteiger partial charge in [-0.2, -0.15) is 5.26 Å². The van der Waals surface area contributed by atoms with Crippen LogP contribution in [-0.4, -0.2) is 14.7 Å². The summed E-state index contributed by atoms with van der Waals surface area (Å²) >= 11 is 1.57. The third-order valence-corrected chi connectivity index (χ3v) is 5.36. The van der Waals surface area contributed by atoms with Gasteiger partial charge >= 0.3 is 0 Å². The van der Waals surface area contributed by atoms with Crippen molar-refractivity contribution in [1.29, 1.82) is 5.26 Å². The number of nitrogens with zero attached hydrogens (tertiary/aromatic N) is 1. The molecule has 0 saturated heterocycles. The Hall–Kier alpha value is -2.10. The molecule has 2 aromatic rings. The van der Waals surface area contributed by atoms with Crippen LogP contribution in [0.25, 0.3) is 6.08 Å². The van der Waals surface area contributed by atoms with Gasteiger partial charge in [-0.15, -0.1) is 11.8 Å². The monoisotopic (exact) mass is 333 g/mol. The summed E-state index contributed by atoms with van der Waals surface area (Å²) in [5, 5.41) is 9.16. The molecule has 0 aliphatic heterocycles. The van der Waals surface area contributed by atoms with Gasteiger partial charge in [0.2, 0.25) is 9.84 Å². The van der Waals surface area contributed by atoms with E-state index in [1.54, 1.807) is 30.0 Å². The Morgan fingerprint density at radius 3 is 2.23 bits per heavy atom. The van der Waals surface area contributed by atoms with Crippen LogP contribution in [0.1, 0.15) is 5.56 Å². The molecule has 112 valence electrons. The van der Waals surface area contributed by atoms with Crippen molar-refractivity contribution in [2.75, 3.05) is 6.26 Å². The largest absolute Gasteiger partial charge is 0.218 e. The number of sulfone groups is 1. The van der Waals surface area contributed by atoms with Crippen molar-refractivity contribution in [1.82, 2.24) is 0 Å². The Morgan fingerprint density at radius 2 is 1.73 bits per heavy atom. The maximum absolute atomic E-state index is 12.9. The predicted octanol–water partition coefficient (Wildman–Crippen LogP) is 3.89. The standard InChI is InChI=1S/C16H12FNO2S2/c1-21-14-6-2-12(3-7-14)10-16(11-18)22(19,20)15-8-4-13(17)5-9-15/h2-10H,1H3/b16-10+. The predicted molar refractivity (Wildman–Crippen MR) is 85.4 cm³/mol. The minimum atomic E-state index is -3.95. The van der Waals surface area contributed by atoms with E-state index >= 15 is 0 Å². The molecule has 0 atom stereocenters. The summed E-state index contributed by atoms with van der Waals surface area (Å²) in [7, 11) is -3.95. The van der Waals surface area contributed by atoms with Crippen molar-refractivity contribution in [3.05, 3.63) is 64.8 Å². The first-order valence-electron chi connectivity index (χ1n) is 6.24. The van der Waals surface area contributed by atoms with Crippen molar-refractivity contribution in [2.45, 2.75) is 9.79 Å². The van der Waals surface area contributed by atoms with Gasteiger partial charge in [-0.1, -0.05) is 12.1 Å². The van der Waals surface area contributed by atoms with E-state index in [1.807, 2.05) is 18.4 Å². The van der Waals surface area contributed by atoms with Gasteiger partial charge in [0.25, 0.3) is 0 Å². The topological polar surface area (TPSA) is 57.9 Å². The summed E-state index contributed by atoms with van der Waals surface area (Å²) in [6.45, 7) is 0. The summed E-state index contributed by atoms with van der Waals surface area (Å²) in [6.07, 6.45) is 3.24. The van der Waals surface area contributed by atoms with E-state index < -0.39 is 15.7 Å². The fraction of sp³-hybridized carbons (Fsp3) is 0.0625. The van der Waals surface area contributed by atoms with Crippen LogP contribution in [0.15, 0.2) is 63.2 Å². The molecule has 0 aliphatic rings. The quantitative estimate of drug-likeness (QED) is 0.484. The molecule has 0 unspecified atom stereocenters. The van der Waals surface area contributed by atoms with Gasteiger partial charge in [0.15, 0.2) is 0 Å². The maximum Gasteiger partial charge on any atom is 0.216 e. The second-order valence-electron chi connectivity index (χ2n) is 4.35. The van der Waals surface area contributed by atoms with Gasteiger partial charge in [0.05, 0.1) is 4.90 Å². The molecule has 2 aromatic carbocycles. The zero-order valence-electron chi connectivity index (χ0n) is 11.7. The minimum Gasteiger partial charge on any atom is -0.218 e. The van der Waals surface area contributed by atoms with Gasteiger partial charge in [0, 0.05) is 4.90 Å². The molecule has 2 rings (SSSR count). The first-order valence-corrected chi connectivity index (χ1v) is 8.94. The Bertz CT molecular complexity index is 833. The highest BCUT2D eigenvalue weighted by Gasteiger charge is 2.20. The van der Waals surface area contributed by atoms with Crippen LogP contribution in [0.4, 0.5) is 4.39 Å². The number of hydrogen-bond acceptors (Lipinski definition) is 4. The Morgan fingerprint density at radius 1 is 1.14 bits per heavy atom. The van der Waals surface area contributed by atoms with Crippen molar-refractivity contribution in [3.8, 4) is 6.07 Å².